The fourth-order valence-corrected chi connectivity index (χ4v) is 2.74. The third-order valence-electron chi connectivity index (χ3n) is 3.92. The van der Waals surface area contributed by atoms with Crippen LogP contribution in [0.1, 0.15) is 18.1 Å². The van der Waals surface area contributed by atoms with Crippen molar-refractivity contribution in [3.63, 3.8) is 0 Å². The van der Waals surface area contributed by atoms with Crippen LogP contribution in [-0.2, 0) is 6.61 Å². The van der Waals surface area contributed by atoms with Crippen LogP contribution in [0.25, 0.3) is 10.8 Å². The predicted octanol–water partition coefficient (Wildman–Crippen LogP) is 3.82. The number of hydrazone groups is 1. The molecule has 0 heterocycles. The number of rotatable bonds is 7. The maximum absolute atomic E-state index is 10.7. The molecule has 0 aliphatic carbocycles. The van der Waals surface area contributed by atoms with Crippen LogP contribution in [-0.4, -0.2) is 18.9 Å². The van der Waals surface area contributed by atoms with E-state index >= 15 is 0 Å². The van der Waals surface area contributed by atoms with Gasteiger partial charge in [-0.15, -0.1) is 0 Å². The van der Waals surface area contributed by atoms with E-state index in [1.807, 2.05) is 37.3 Å². The van der Waals surface area contributed by atoms with Gasteiger partial charge < -0.3 is 15.2 Å². The van der Waals surface area contributed by atoms with E-state index in [2.05, 4.69) is 34.8 Å². The Kier molecular flexibility index (Phi) is 5.89. The van der Waals surface area contributed by atoms with Gasteiger partial charge in [-0.05, 0) is 47.0 Å². The van der Waals surface area contributed by atoms with E-state index in [0.717, 1.165) is 11.1 Å². The van der Waals surface area contributed by atoms with Crippen molar-refractivity contribution in [1.82, 2.24) is 5.43 Å². The normalized spacial score (nSPS) is 10.9. The van der Waals surface area contributed by atoms with Gasteiger partial charge >= 0.3 is 6.03 Å². The molecule has 0 saturated carbocycles. The first kappa shape index (κ1) is 18.3. The van der Waals surface area contributed by atoms with Crippen LogP contribution in [0.4, 0.5) is 4.79 Å². The average molecular weight is 363 g/mol. The Morgan fingerprint density at radius 3 is 2.70 bits per heavy atom. The molecule has 6 nitrogen and oxygen atoms in total. The number of hydrogen-bond acceptors (Lipinski definition) is 4. The molecule has 138 valence electrons. The number of amides is 2. The lowest BCUT2D eigenvalue weighted by Crippen LogP contribution is -2.24. The monoisotopic (exact) mass is 363 g/mol. The fourth-order valence-electron chi connectivity index (χ4n) is 2.74. The summed E-state index contributed by atoms with van der Waals surface area (Å²) in [5, 5.41) is 6.10. The summed E-state index contributed by atoms with van der Waals surface area (Å²) in [5.74, 6) is 1.26. The molecule has 27 heavy (non-hydrogen) atoms. The summed E-state index contributed by atoms with van der Waals surface area (Å²) in [4.78, 5) is 10.7. The van der Waals surface area contributed by atoms with Crippen molar-refractivity contribution in [3.8, 4) is 11.5 Å². The first-order valence-corrected chi connectivity index (χ1v) is 8.62. The van der Waals surface area contributed by atoms with Gasteiger partial charge in [-0.3, -0.25) is 0 Å². The van der Waals surface area contributed by atoms with Gasteiger partial charge in [-0.1, -0.05) is 42.5 Å². The zero-order valence-electron chi connectivity index (χ0n) is 15.0. The smallest absolute Gasteiger partial charge is 0.332 e. The Labute approximate surface area is 157 Å². The summed E-state index contributed by atoms with van der Waals surface area (Å²) < 4.78 is 11.7. The fraction of sp³-hybridized carbons (Fsp3) is 0.143. The van der Waals surface area contributed by atoms with E-state index in [1.54, 1.807) is 6.07 Å². The number of nitrogens with one attached hydrogen (secondary N) is 1. The van der Waals surface area contributed by atoms with Gasteiger partial charge in [0.05, 0.1) is 12.8 Å². The van der Waals surface area contributed by atoms with Crippen LogP contribution in [0.5, 0.6) is 11.5 Å². The number of fused-ring (bicyclic) bond motifs is 1. The molecule has 0 aliphatic rings. The molecular weight excluding hydrogens is 342 g/mol. The summed E-state index contributed by atoms with van der Waals surface area (Å²) in [6.07, 6.45) is 1.49. The van der Waals surface area contributed by atoms with E-state index in [1.165, 1.54) is 17.0 Å². The van der Waals surface area contributed by atoms with Crippen molar-refractivity contribution in [3.05, 3.63) is 71.8 Å². The summed E-state index contributed by atoms with van der Waals surface area (Å²) in [6, 6.07) is 19.1. The summed E-state index contributed by atoms with van der Waals surface area (Å²) in [6.45, 7) is 2.84. The number of hydrogen-bond donors (Lipinski definition) is 2. The minimum atomic E-state index is -0.716. The van der Waals surface area contributed by atoms with Gasteiger partial charge in [0.1, 0.15) is 6.61 Å². The van der Waals surface area contributed by atoms with Crippen molar-refractivity contribution in [2.45, 2.75) is 13.5 Å². The molecule has 3 N–H and O–H groups in total. The number of primary amides is 1. The lowest BCUT2D eigenvalue weighted by molar-refractivity contribution is 0.249. The molecule has 0 radical (unpaired) electrons. The summed E-state index contributed by atoms with van der Waals surface area (Å²) >= 11 is 0. The highest BCUT2D eigenvalue weighted by molar-refractivity contribution is 5.85. The lowest BCUT2D eigenvalue weighted by atomic mass is 10.1. The number of nitrogens with two attached hydrogens (primary N) is 1. The Morgan fingerprint density at radius 1 is 1.07 bits per heavy atom. The zero-order chi connectivity index (χ0) is 19.1. The van der Waals surface area contributed by atoms with E-state index < -0.39 is 6.03 Å². The Hall–Kier alpha value is -3.54. The van der Waals surface area contributed by atoms with Crippen molar-refractivity contribution >= 4 is 23.0 Å². The number of benzene rings is 3. The molecule has 0 unspecified atom stereocenters. The van der Waals surface area contributed by atoms with E-state index in [0.29, 0.717) is 24.7 Å². The van der Waals surface area contributed by atoms with Gasteiger partial charge in [-0.2, -0.15) is 5.10 Å². The number of carbonyl (C=O) groups is 1. The molecule has 2 amide bonds. The Bertz CT molecular complexity index is 965. The van der Waals surface area contributed by atoms with Crippen molar-refractivity contribution in [2.75, 3.05) is 6.61 Å². The highest BCUT2D eigenvalue weighted by Gasteiger charge is 2.08. The largest absolute Gasteiger partial charge is 0.490 e. The Balaban J connectivity index is 1.79. The molecule has 0 atom stereocenters. The van der Waals surface area contributed by atoms with Gasteiger partial charge in [0.25, 0.3) is 0 Å². The van der Waals surface area contributed by atoms with Crippen molar-refractivity contribution in [2.24, 2.45) is 10.8 Å². The molecule has 0 bridgehead atoms. The topological polar surface area (TPSA) is 85.9 Å². The minimum absolute atomic E-state index is 0.429. The maximum Gasteiger partial charge on any atom is 0.332 e. The molecule has 3 rings (SSSR count). The SMILES string of the molecule is CCOc1cc(C=NNC(N)=O)ccc1OCc1cccc2ccccc12. The highest BCUT2D eigenvalue weighted by Crippen LogP contribution is 2.29. The van der Waals surface area contributed by atoms with Crippen LogP contribution in [0, 0.1) is 0 Å². The van der Waals surface area contributed by atoms with Gasteiger partial charge in [0, 0.05) is 0 Å². The molecular formula is C21H21N3O3. The quantitative estimate of drug-likeness (QED) is 0.494. The zero-order valence-corrected chi connectivity index (χ0v) is 15.0. The molecule has 0 aliphatic heterocycles. The second-order valence-corrected chi connectivity index (χ2v) is 5.80. The number of ether oxygens (including phenoxy) is 2. The number of carbonyl (C=O) groups excluding carboxylic acids is 1. The van der Waals surface area contributed by atoms with Crippen LogP contribution in [0.3, 0.4) is 0 Å². The number of urea groups is 1. The summed E-state index contributed by atoms with van der Waals surface area (Å²) in [7, 11) is 0. The minimum Gasteiger partial charge on any atom is -0.490 e. The van der Waals surface area contributed by atoms with Crippen molar-refractivity contribution in [1.29, 1.82) is 0 Å². The summed E-state index contributed by atoms with van der Waals surface area (Å²) in [5.41, 5.74) is 9.00. The number of nitrogens with zero attached hydrogens (tertiary/aromatic N) is 1. The van der Waals surface area contributed by atoms with Gasteiger partial charge in [0.2, 0.25) is 0 Å². The first-order chi connectivity index (χ1) is 13.2. The standard InChI is InChI=1S/C21H21N3O3/c1-2-26-20-12-15(13-23-24-21(22)25)10-11-19(20)27-14-17-8-5-7-16-6-3-4-9-18(16)17/h3-13H,2,14H2,1H3,(H3,22,24,25). The highest BCUT2D eigenvalue weighted by atomic mass is 16.5. The predicted molar refractivity (Wildman–Crippen MR) is 106 cm³/mol. The van der Waals surface area contributed by atoms with Gasteiger partial charge in [-0.25, -0.2) is 10.2 Å². The van der Waals surface area contributed by atoms with E-state index in [9.17, 15) is 4.79 Å². The maximum atomic E-state index is 10.7. The van der Waals surface area contributed by atoms with E-state index in [-0.39, 0.29) is 0 Å². The second kappa shape index (κ2) is 8.71. The van der Waals surface area contributed by atoms with E-state index in [4.69, 9.17) is 15.2 Å². The average Bonchev–Trinajstić information content (AvgIpc) is 2.67. The molecule has 6 heteroatoms. The second-order valence-electron chi connectivity index (χ2n) is 5.80. The molecule has 3 aromatic rings. The molecule has 3 aromatic carbocycles. The van der Waals surface area contributed by atoms with Gasteiger partial charge in [0.15, 0.2) is 11.5 Å². The van der Waals surface area contributed by atoms with Crippen LogP contribution >= 0.6 is 0 Å². The third-order valence-corrected chi connectivity index (χ3v) is 3.92. The third kappa shape index (κ3) is 4.76. The Morgan fingerprint density at radius 2 is 1.89 bits per heavy atom. The van der Waals surface area contributed by atoms with Crippen LogP contribution in [0.15, 0.2) is 65.8 Å². The first-order valence-electron chi connectivity index (χ1n) is 8.62. The van der Waals surface area contributed by atoms with Crippen molar-refractivity contribution < 1.29 is 14.3 Å². The molecule has 0 spiro atoms. The van der Waals surface area contributed by atoms with Crippen LogP contribution in [0.2, 0.25) is 0 Å². The molecule has 0 fully saturated rings. The molecule has 0 aromatic heterocycles. The molecule has 0 saturated heterocycles. The van der Waals surface area contributed by atoms with Crippen LogP contribution < -0.4 is 20.6 Å². The lowest BCUT2D eigenvalue weighted by Gasteiger charge is -2.13.